The Morgan fingerprint density at radius 2 is 1.56 bits per heavy atom. The molecule has 0 aliphatic heterocycles. The number of benzene rings is 3. The second kappa shape index (κ2) is 11.1. The Balaban J connectivity index is 1.60. The highest BCUT2D eigenvalue weighted by Crippen LogP contribution is 2.38. The first kappa shape index (κ1) is 24.3. The van der Waals surface area contributed by atoms with Crippen LogP contribution in [0.3, 0.4) is 0 Å². The van der Waals surface area contributed by atoms with Gasteiger partial charge in [0.1, 0.15) is 0 Å². The van der Waals surface area contributed by atoms with E-state index >= 15 is 0 Å². The SMILES string of the molecule is COc1cc(C(=O)NCc2cn(-c3ccccc3)nc2-c2ccccc2)cc(OC)c1OCC(N)=O. The molecule has 0 aliphatic rings. The summed E-state index contributed by atoms with van der Waals surface area (Å²) >= 11 is 0. The fraction of sp³-hybridized carbons (Fsp3) is 0.148. The topological polar surface area (TPSA) is 118 Å². The van der Waals surface area contributed by atoms with Gasteiger partial charge in [0.15, 0.2) is 18.1 Å². The van der Waals surface area contributed by atoms with E-state index in [1.807, 2.05) is 66.9 Å². The van der Waals surface area contributed by atoms with Crippen molar-refractivity contribution in [1.29, 1.82) is 0 Å². The minimum Gasteiger partial charge on any atom is -0.493 e. The van der Waals surface area contributed by atoms with Crippen molar-refractivity contribution in [2.45, 2.75) is 6.54 Å². The number of nitrogens with one attached hydrogen (secondary N) is 1. The smallest absolute Gasteiger partial charge is 0.255 e. The van der Waals surface area contributed by atoms with Crippen LogP contribution >= 0.6 is 0 Å². The maximum absolute atomic E-state index is 13.1. The lowest BCUT2D eigenvalue weighted by atomic mass is 10.1. The summed E-state index contributed by atoms with van der Waals surface area (Å²) in [6.45, 7) is -0.119. The van der Waals surface area contributed by atoms with Gasteiger partial charge in [0.05, 0.1) is 25.6 Å². The molecule has 0 unspecified atom stereocenters. The number of methoxy groups -OCH3 is 2. The van der Waals surface area contributed by atoms with Gasteiger partial charge in [-0.1, -0.05) is 48.5 Å². The third kappa shape index (κ3) is 5.47. The number of amides is 2. The van der Waals surface area contributed by atoms with Gasteiger partial charge >= 0.3 is 0 Å². The molecule has 2 amide bonds. The zero-order valence-corrected chi connectivity index (χ0v) is 19.9. The number of rotatable bonds is 10. The fourth-order valence-electron chi connectivity index (χ4n) is 3.67. The first-order chi connectivity index (χ1) is 17.5. The normalized spacial score (nSPS) is 10.5. The van der Waals surface area contributed by atoms with Gasteiger partial charge in [-0.05, 0) is 24.3 Å². The second-order valence-corrected chi connectivity index (χ2v) is 7.80. The van der Waals surface area contributed by atoms with Gasteiger partial charge in [-0.3, -0.25) is 9.59 Å². The van der Waals surface area contributed by atoms with Crippen molar-refractivity contribution in [3.8, 4) is 34.2 Å². The Bertz CT molecular complexity index is 1330. The van der Waals surface area contributed by atoms with E-state index in [4.69, 9.17) is 25.0 Å². The lowest BCUT2D eigenvalue weighted by Gasteiger charge is -2.15. The third-order valence-electron chi connectivity index (χ3n) is 5.38. The summed E-state index contributed by atoms with van der Waals surface area (Å²) < 4.78 is 17.9. The van der Waals surface area contributed by atoms with E-state index in [0.717, 1.165) is 22.5 Å². The summed E-state index contributed by atoms with van der Waals surface area (Å²) in [5.41, 5.74) is 8.94. The van der Waals surface area contributed by atoms with Crippen molar-refractivity contribution in [2.24, 2.45) is 5.73 Å². The predicted molar refractivity (Wildman–Crippen MR) is 134 cm³/mol. The molecule has 1 aromatic heterocycles. The maximum atomic E-state index is 13.1. The average Bonchev–Trinajstić information content (AvgIpc) is 3.35. The van der Waals surface area contributed by atoms with Gasteiger partial charge in [-0.2, -0.15) is 5.10 Å². The van der Waals surface area contributed by atoms with Crippen molar-refractivity contribution in [3.05, 3.63) is 90.1 Å². The molecule has 0 fully saturated rings. The van der Waals surface area contributed by atoms with Crippen LogP contribution < -0.4 is 25.3 Å². The number of nitrogens with two attached hydrogens (primary N) is 1. The van der Waals surface area contributed by atoms with Crippen molar-refractivity contribution in [2.75, 3.05) is 20.8 Å². The predicted octanol–water partition coefficient (Wildman–Crippen LogP) is 3.35. The number of hydrogen-bond donors (Lipinski definition) is 2. The molecule has 0 saturated carbocycles. The van der Waals surface area contributed by atoms with Gasteiger partial charge in [-0.15, -0.1) is 0 Å². The summed E-state index contributed by atoms with van der Waals surface area (Å²) in [4.78, 5) is 24.2. The molecule has 36 heavy (non-hydrogen) atoms. The van der Waals surface area contributed by atoms with Crippen molar-refractivity contribution in [1.82, 2.24) is 15.1 Å². The van der Waals surface area contributed by atoms with Crippen LogP contribution in [0.2, 0.25) is 0 Å². The summed E-state index contributed by atoms with van der Waals surface area (Å²) in [6.07, 6.45) is 1.90. The Kier molecular flexibility index (Phi) is 7.50. The second-order valence-electron chi connectivity index (χ2n) is 7.80. The Hall–Kier alpha value is -4.79. The Morgan fingerprint density at radius 1 is 0.944 bits per heavy atom. The Morgan fingerprint density at radius 3 is 2.14 bits per heavy atom. The molecule has 9 nitrogen and oxygen atoms in total. The quantitative estimate of drug-likeness (QED) is 0.355. The van der Waals surface area contributed by atoms with Crippen LogP contribution in [-0.2, 0) is 11.3 Å². The van der Waals surface area contributed by atoms with Crippen molar-refractivity contribution >= 4 is 11.8 Å². The number of primary amides is 1. The van der Waals surface area contributed by atoms with E-state index in [2.05, 4.69) is 5.32 Å². The minimum atomic E-state index is -0.647. The molecule has 0 spiro atoms. The lowest BCUT2D eigenvalue weighted by Crippen LogP contribution is -2.23. The number of carbonyl (C=O) groups excluding carboxylic acids is 2. The molecular weight excluding hydrogens is 460 g/mol. The van der Waals surface area contributed by atoms with Crippen LogP contribution in [0.4, 0.5) is 0 Å². The Labute approximate surface area is 208 Å². The molecule has 4 rings (SSSR count). The average molecular weight is 487 g/mol. The lowest BCUT2D eigenvalue weighted by molar-refractivity contribution is -0.120. The van der Waals surface area contributed by atoms with Gasteiger partial charge < -0.3 is 25.3 Å². The number of hydrogen-bond acceptors (Lipinski definition) is 6. The van der Waals surface area contributed by atoms with E-state index in [0.29, 0.717) is 5.56 Å². The summed E-state index contributed by atoms with van der Waals surface area (Å²) in [6, 6.07) is 22.6. The number of carbonyl (C=O) groups is 2. The van der Waals surface area contributed by atoms with Crippen LogP contribution in [0.5, 0.6) is 17.2 Å². The van der Waals surface area contributed by atoms with Crippen LogP contribution in [-0.4, -0.2) is 42.4 Å². The van der Waals surface area contributed by atoms with E-state index in [1.54, 1.807) is 4.68 Å². The maximum Gasteiger partial charge on any atom is 0.255 e. The highest BCUT2D eigenvalue weighted by Gasteiger charge is 2.19. The van der Waals surface area contributed by atoms with Crippen LogP contribution in [0, 0.1) is 0 Å². The van der Waals surface area contributed by atoms with Gasteiger partial charge in [0.2, 0.25) is 5.75 Å². The molecule has 9 heteroatoms. The standard InChI is InChI=1S/C27H26N4O5/c1-34-22-13-19(14-23(35-2)26(22)36-17-24(28)32)27(33)29-15-20-16-31(21-11-7-4-8-12-21)30-25(20)18-9-5-3-6-10-18/h3-14,16H,15,17H2,1-2H3,(H2,28,32)(H,29,33). The molecule has 4 aromatic rings. The molecule has 184 valence electrons. The molecule has 0 aliphatic carbocycles. The highest BCUT2D eigenvalue weighted by molar-refractivity contribution is 5.95. The van der Waals surface area contributed by atoms with E-state index in [1.165, 1.54) is 26.4 Å². The van der Waals surface area contributed by atoms with Crippen LogP contribution in [0.1, 0.15) is 15.9 Å². The molecule has 0 saturated heterocycles. The monoisotopic (exact) mass is 486 g/mol. The van der Waals surface area contributed by atoms with Crippen molar-refractivity contribution < 1.29 is 23.8 Å². The van der Waals surface area contributed by atoms with Crippen LogP contribution in [0.15, 0.2) is 79.0 Å². The molecule has 0 radical (unpaired) electrons. The van der Waals surface area contributed by atoms with Crippen molar-refractivity contribution in [3.63, 3.8) is 0 Å². The molecule has 3 N–H and O–H groups in total. The van der Waals surface area contributed by atoms with Crippen LogP contribution in [0.25, 0.3) is 16.9 Å². The minimum absolute atomic E-state index is 0.186. The van der Waals surface area contributed by atoms with Gasteiger partial charge in [0.25, 0.3) is 11.8 Å². The fourth-order valence-corrected chi connectivity index (χ4v) is 3.67. The van der Waals surface area contributed by atoms with E-state index < -0.39 is 5.91 Å². The summed E-state index contributed by atoms with van der Waals surface area (Å²) in [5.74, 6) is -0.332. The van der Waals surface area contributed by atoms with E-state index in [-0.39, 0.29) is 36.3 Å². The number of ether oxygens (including phenoxy) is 3. The zero-order valence-electron chi connectivity index (χ0n) is 19.9. The first-order valence-corrected chi connectivity index (χ1v) is 11.1. The summed E-state index contributed by atoms with van der Waals surface area (Å²) in [5, 5.41) is 7.72. The largest absolute Gasteiger partial charge is 0.493 e. The van der Waals surface area contributed by atoms with E-state index in [9.17, 15) is 9.59 Å². The molecule has 0 bridgehead atoms. The third-order valence-corrected chi connectivity index (χ3v) is 5.38. The molecule has 3 aromatic carbocycles. The zero-order chi connectivity index (χ0) is 25.5. The molecule has 0 atom stereocenters. The van der Waals surface area contributed by atoms with Gasteiger partial charge in [-0.25, -0.2) is 4.68 Å². The van der Waals surface area contributed by atoms with Gasteiger partial charge in [0, 0.05) is 29.4 Å². The number of nitrogens with zero attached hydrogens (tertiary/aromatic N) is 2. The molecular formula is C27H26N4O5. The summed E-state index contributed by atoms with van der Waals surface area (Å²) in [7, 11) is 2.86. The molecule has 1 heterocycles. The highest BCUT2D eigenvalue weighted by atomic mass is 16.5. The first-order valence-electron chi connectivity index (χ1n) is 11.1. The number of para-hydroxylation sites is 1. The number of aromatic nitrogens is 2.